The summed E-state index contributed by atoms with van der Waals surface area (Å²) in [5.41, 5.74) is 1.34. The third-order valence-electron chi connectivity index (χ3n) is 3.04. The van der Waals surface area contributed by atoms with Gasteiger partial charge in [-0.05, 0) is 48.9 Å². The molecule has 0 fully saturated rings. The lowest BCUT2D eigenvalue weighted by atomic mass is 9.98. The molecule has 1 atom stereocenters. The van der Waals surface area contributed by atoms with Crippen molar-refractivity contribution in [2.24, 2.45) is 0 Å². The molecule has 0 aliphatic heterocycles. The van der Waals surface area contributed by atoms with Crippen LogP contribution in [0.3, 0.4) is 0 Å². The average Bonchev–Trinajstić information content (AvgIpc) is 2.38. The van der Waals surface area contributed by atoms with E-state index >= 15 is 0 Å². The summed E-state index contributed by atoms with van der Waals surface area (Å²) in [6, 6.07) is 10.8. The van der Waals surface area contributed by atoms with Crippen LogP contribution in [0.25, 0.3) is 0 Å². The highest BCUT2D eigenvalue weighted by molar-refractivity contribution is 6.30. The zero-order valence-electron chi connectivity index (χ0n) is 10.5. The number of nitrogens with one attached hydrogen (secondary N) is 1. The summed E-state index contributed by atoms with van der Waals surface area (Å²) in [5.74, 6) is -0.640. The first-order chi connectivity index (χ1) is 9.10. The number of halogens is 3. The van der Waals surface area contributed by atoms with Crippen molar-refractivity contribution in [1.82, 2.24) is 5.32 Å². The molecule has 0 saturated carbocycles. The second-order valence-corrected chi connectivity index (χ2v) is 4.77. The maximum Gasteiger partial charge on any atom is 0.127 e. The summed E-state index contributed by atoms with van der Waals surface area (Å²) in [6.45, 7) is 0. The Hall–Kier alpha value is -1.45. The number of benzene rings is 2. The van der Waals surface area contributed by atoms with E-state index in [1.165, 1.54) is 18.2 Å². The highest BCUT2D eigenvalue weighted by atomic mass is 35.5. The van der Waals surface area contributed by atoms with Crippen LogP contribution in [-0.4, -0.2) is 7.05 Å². The first-order valence-corrected chi connectivity index (χ1v) is 6.34. The van der Waals surface area contributed by atoms with Crippen molar-refractivity contribution >= 4 is 11.6 Å². The molecule has 1 N–H and O–H groups in total. The first kappa shape index (κ1) is 14.0. The molecule has 2 rings (SSSR count). The molecule has 0 amide bonds. The van der Waals surface area contributed by atoms with Gasteiger partial charge in [0.05, 0.1) is 0 Å². The van der Waals surface area contributed by atoms with Crippen molar-refractivity contribution in [2.75, 3.05) is 7.05 Å². The van der Waals surface area contributed by atoms with E-state index in [1.54, 1.807) is 25.2 Å². The molecule has 0 radical (unpaired) electrons. The van der Waals surface area contributed by atoms with Crippen molar-refractivity contribution < 1.29 is 8.78 Å². The van der Waals surface area contributed by atoms with Crippen LogP contribution in [0.1, 0.15) is 17.2 Å². The molecular weight excluding hydrogens is 268 g/mol. The van der Waals surface area contributed by atoms with Gasteiger partial charge in [-0.1, -0.05) is 29.8 Å². The third-order valence-corrected chi connectivity index (χ3v) is 3.27. The summed E-state index contributed by atoms with van der Waals surface area (Å²) in [4.78, 5) is 0. The largest absolute Gasteiger partial charge is 0.313 e. The Balaban J connectivity index is 2.24. The minimum Gasteiger partial charge on any atom is -0.313 e. The van der Waals surface area contributed by atoms with E-state index < -0.39 is 0 Å². The Morgan fingerprint density at radius 3 is 2.58 bits per heavy atom. The van der Waals surface area contributed by atoms with Gasteiger partial charge in [-0.25, -0.2) is 8.78 Å². The Labute approximate surface area is 116 Å². The summed E-state index contributed by atoms with van der Waals surface area (Å²) in [7, 11) is 1.77. The molecule has 4 heteroatoms. The topological polar surface area (TPSA) is 12.0 Å². The zero-order valence-corrected chi connectivity index (χ0v) is 11.2. The lowest BCUT2D eigenvalue weighted by Crippen LogP contribution is -2.19. The number of rotatable bonds is 4. The number of hydrogen-bond acceptors (Lipinski definition) is 1. The standard InChI is InChI=1S/C15H14ClF2N/c1-19-15(11-3-2-4-13(17)7-11)8-10-5-6-12(16)9-14(10)18/h2-7,9,15,19H,8H2,1H3. The zero-order chi connectivity index (χ0) is 13.8. The summed E-state index contributed by atoms with van der Waals surface area (Å²) in [5, 5.41) is 3.44. The second-order valence-electron chi connectivity index (χ2n) is 4.34. The molecule has 2 aromatic carbocycles. The van der Waals surface area contributed by atoms with E-state index in [0.29, 0.717) is 17.0 Å². The monoisotopic (exact) mass is 281 g/mol. The average molecular weight is 282 g/mol. The van der Waals surface area contributed by atoms with Crippen LogP contribution in [0.2, 0.25) is 5.02 Å². The van der Waals surface area contributed by atoms with Crippen LogP contribution in [0.4, 0.5) is 8.78 Å². The Morgan fingerprint density at radius 2 is 1.95 bits per heavy atom. The fourth-order valence-corrected chi connectivity index (χ4v) is 2.18. The van der Waals surface area contributed by atoms with Gasteiger partial charge in [0.2, 0.25) is 0 Å². The van der Waals surface area contributed by atoms with E-state index in [2.05, 4.69) is 5.32 Å². The van der Waals surface area contributed by atoms with Crippen molar-refractivity contribution in [2.45, 2.75) is 12.5 Å². The molecule has 0 saturated heterocycles. The van der Waals surface area contributed by atoms with Crippen LogP contribution in [-0.2, 0) is 6.42 Å². The van der Waals surface area contributed by atoms with Crippen LogP contribution >= 0.6 is 11.6 Å². The lowest BCUT2D eigenvalue weighted by Gasteiger charge is -2.17. The van der Waals surface area contributed by atoms with Gasteiger partial charge in [-0.3, -0.25) is 0 Å². The summed E-state index contributed by atoms with van der Waals surface area (Å²) >= 11 is 5.72. The van der Waals surface area contributed by atoms with Crippen LogP contribution in [0.5, 0.6) is 0 Å². The highest BCUT2D eigenvalue weighted by Gasteiger charge is 2.13. The molecule has 2 aromatic rings. The fraction of sp³-hybridized carbons (Fsp3) is 0.200. The predicted molar refractivity (Wildman–Crippen MR) is 73.3 cm³/mol. The van der Waals surface area contributed by atoms with Gasteiger partial charge in [0, 0.05) is 11.1 Å². The van der Waals surface area contributed by atoms with Gasteiger partial charge in [-0.15, -0.1) is 0 Å². The van der Waals surface area contributed by atoms with Crippen LogP contribution in [0, 0.1) is 11.6 Å². The molecule has 0 aliphatic carbocycles. The molecule has 0 aliphatic rings. The molecule has 1 unspecified atom stereocenters. The maximum atomic E-state index is 13.8. The molecule has 0 aromatic heterocycles. The Morgan fingerprint density at radius 1 is 1.16 bits per heavy atom. The first-order valence-electron chi connectivity index (χ1n) is 5.97. The van der Waals surface area contributed by atoms with Gasteiger partial charge >= 0.3 is 0 Å². The van der Waals surface area contributed by atoms with E-state index in [-0.39, 0.29) is 17.7 Å². The summed E-state index contributed by atoms with van der Waals surface area (Å²) < 4.78 is 27.0. The molecule has 0 bridgehead atoms. The SMILES string of the molecule is CNC(Cc1ccc(Cl)cc1F)c1cccc(F)c1. The molecular formula is C15H14ClF2N. The smallest absolute Gasteiger partial charge is 0.127 e. The van der Waals surface area contributed by atoms with Gasteiger partial charge in [0.1, 0.15) is 11.6 Å². The highest BCUT2D eigenvalue weighted by Crippen LogP contribution is 2.22. The lowest BCUT2D eigenvalue weighted by molar-refractivity contribution is 0.549. The van der Waals surface area contributed by atoms with Crippen LogP contribution < -0.4 is 5.32 Å². The van der Waals surface area contributed by atoms with Crippen molar-refractivity contribution in [3.63, 3.8) is 0 Å². The van der Waals surface area contributed by atoms with Crippen molar-refractivity contribution in [1.29, 1.82) is 0 Å². The van der Waals surface area contributed by atoms with E-state index in [9.17, 15) is 8.78 Å². The Kier molecular flexibility index (Phi) is 4.51. The number of hydrogen-bond donors (Lipinski definition) is 1. The second kappa shape index (κ2) is 6.13. The summed E-state index contributed by atoms with van der Waals surface area (Å²) in [6.07, 6.45) is 0.433. The molecule has 1 nitrogen and oxygen atoms in total. The maximum absolute atomic E-state index is 13.8. The van der Waals surface area contributed by atoms with Gasteiger partial charge in [-0.2, -0.15) is 0 Å². The fourth-order valence-electron chi connectivity index (χ4n) is 2.02. The van der Waals surface area contributed by atoms with Gasteiger partial charge in [0.25, 0.3) is 0 Å². The molecule has 0 heterocycles. The minimum absolute atomic E-state index is 0.147. The number of likely N-dealkylation sites (N-methyl/N-ethyl adjacent to an activating group) is 1. The van der Waals surface area contributed by atoms with E-state index in [0.717, 1.165) is 5.56 Å². The minimum atomic E-state index is -0.343. The van der Waals surface area contributed by atoms with Crippen molar-refractivity contribution in [3.05, 3.63) is 70.2 Å². The van der Waals surface area contributed by atoms with E-state index in [4.69, 9.17) is 11.6 Å². The normalized spacial score (nSPS) is 12.4. The van der Waals surface area contributed by atoms with Gasteiger partial charge in [0.15, 0.2) is 0 Å². The van der Waals surface area contributed by atoms with E-state index in [1.807, 2.05) is 6.07 Å². The van der Waals surface area contributed by atoms with Gasteiger partial charge < -0.3 is 5.32 Å². The van der Waals surface area contributed by atoms with Crippen molar-refractivity contribution in [3.8, 4) is 0 Å². The molecule has 19 heavy (non-hydrogen) atoms. The predicted octanol–water partition coefficient (Wildman–Crippen LogP) is 4.12. The quantitative estimate of drug-likeness (QED) is 0.889. The molecule has 0 spiro atoms. The Bertz CT molecular complexity index is 572. The molecule has 100 valence electrons. The third kappa shape index (κ3) is 3.52. The van der Waals surface area contributed by atoms with Crippen LogP contribution in [0.15, 0.2) is 42.5 Å².